The average molecular weight is 443 g/mol. The summed E-state index contributed by atoms with van der Waals surface area (Å²) in [6.45, 7) is 2.59. The average Bonchev–Trinajstić information content (AvgIpc) is 2.83. The summed E-state index contributed by atoms with van der Waals surface area (Å²) in [4.78, 5) is 22.9. The van der Waals surface area contributed by atoms with E-state index < -0.39 is 10.8 Å². The molecule has 0 spiro atoms. The van der Waals surface area contributed by atoms with Gasteiger partial charge in [-0.05, 0) is 61.0 Å². The van der Waals surface area contributed by atoms with E-state index in [2.05, 4.69) is 5.32 Å². The molecular weight excluding hydrogens is 422 g/mol. The van der Waals surface area contributed by atoms with Gasteiger partial charge in [0.1, 0.15) is 29.7 Å². The minimum atomic E-state index is -0.549. The Morgan fingerprint density at radius 1 is 1.06 bits per heavy atom. The number of non-ortho nitro benzene ring substituents is 1. The van der Waals surface area contributed by atoms with E-state index in [1.54, 1.807) is 60.7 Å². The number of ether oxygens (including phenoxy) is 2. The summed E-state index contributed by atoms with van der Waals surface area (Å²) in [6, 6.07) is 21.8. The maximum atomic E-state index is 12.6. The number of hydrogen-bond donors (Lipinski definition) is 1. The topological polar surface area (TPSA) is 114 Å². The molecule has 0 bridgehead atoms. The van der Waals surface area contributed by atoms with Crippen molar-refractivity contribution >= 4 is 23.4 Å². The zero-order valence-electron chi connectivity index (χ0n) is 17.9. The van der Waals surface area contributed by atoms with Crippen LogP contribution in [0.15, 0.2) is 78.4 Å². The van der Waals surface area contributed by atoms with Crippen molar-refractivity contribution in [1.82, 2.24) is 0 Å². The highest BCUT2D eigenvalue weighted by Gasteiger charge is 2.12. The second-order valence-corrected chi connectivity index (χ2v) is 6.83. The molecule has 0 aliphatic rings. The van der Waals surface area contributed by atoms with Gasteiger partial charge in [-0.2, -0.15) is 5.26 Å². The summed E-state index contributed by atoms with van der Waals surface area (Å²) in [5.41, 5.74) is 1.74. The molecule has 0 aliphatic carbocycles. The van der Waals surface area contributed by atoms with E-state index in [0.717, 1.165) is 5.56 Å². The molecule has 0 saturated heterocycles. The van der Waals surface area contributed by atoms with Crippen LogP contribution in [0.3, 0.4) is 0 Å². The number of anilines is 1. The van der Waals surface area contributed by atoms with Crippen molar-refractivity contribution in [1.29, 1.82) is 5.26 Å². The summed E-state index contributed by atoms with van der Waals surface area (Å²) < 4.78 is 11.2. The van der Waals surface area contributed by atoms with Crippen molar-refractivity contribution in [2.45, 2.75) is 13.5 Å². The number of para-hydroxylation sites is 1. The molecule has 166 valence electrons. The van der Waals surface area contributed by atoms with Gasteiger partial charge in [-0.25, -0.2) is 0 Å². The molecule has 0 saturated carbocycles. The molecular formula is C25H21N3O5. The van der Waals surface area contributed by atoms with Gasteiger partial charge >= 0.3 is 0 Å². The van der Waals surface area contributed by atoms with Crippen LogP contribution in [-0.4, -0.2) is 17.4 Å². The van der Waals surface area contributed by atoms with Crippen molar-refractivity contribution in [3.63, 3.8) is 0 Å². The van der Waals surface area contributed by atoms with E-state index in [1.807, 2.05) is 13.0 Å². The number of carbonyl (C=O) groups excluding carboxylic acids is 1. The monoisotopic (exact) mass is 443 g/mol. The fourth-order valence-electron chi connectivity index (χ4n) is 2.91. The molecule has 0 aliphatic heterocycles. The van der Waals surface area contributed by atoms with Gasteiger partial charge in [-0.3, -0.25) is 14.9 Å². The minimum Gasteiger partial charge on any atom is -0.494 e. The number of carbonyl (C=O) groups is 1. The lowest BCUT2D eigenvalue weighted by Gasteiger charge is -2.10. The molecule has 3 aromatic carbocycles. The molecule has 1 amide bonds. The third-order valence-electron chi connectivity index (χ3n) is 4.55. The Bertz CT molecular complexity index is 1200. The molecule has 0 fully saturated rings. The Labute approximate surface area is 190 Å². The van der Waals surface area contributed by atoms with Crippen molar-refractivity contribution < 1.29 is 19.2 Å². The smallest absolute Gasteiger partial charge is 0.269 e. The van der Waals surface area contributed by atoms with Gasteiger partial charge in [-0.1, -0.05) is 18.2 Å². The lowest BCUT2D eigenvalue weighted by molar-refractivity contribution is -0.384. The summed E-state index contributed by atoms with van der Waals surface area (Å²) in [7, 11) is 0. The summed E-state index contributed by atoms with van der Waals surface area (Å²) in [5.74, 6) is 0.606. The van der Waals surface area contributed by atoms with E-state index in [9.17, 15) is 20.2 Å². The van der Waals surface area contributed by atoms with Crippen LogP contribution in [-0.2, 0) is 11.4 Å². The normalized spacial score (nSPS) is 10.7. The Balaban J connectivity index is 1.72. The van der Waals surface area contributed by atoms with Crippen LogP contribution >= 0.6 is 0 Å². The first-order valence-corrected chi connectivity index (χ1v) is 10.1. The number of nitro groups is 1. The summed E-state index contributed by atoms with van der Waals surface area (Å²) in [5, 5.41) is 23.0. The van der Waals surface area contributed by atoms with Crippen molar-refractivity contribution in [3.05, 3.63) is 99.6 Å². The first-order chi connectivity index (χ1) is 16.0. The highest BCUT2D eigenvalue weighted by Crippen LogP contribution is 2.23. The van der Waals surface area contributed by atoms with Crippen LogP contribution < -0.4 is 14.8 Å². The Morgan fingerprint density at radius 3 is 2.39 bits per heavy atom. The second kappa shape index (κ2) is 11.1. The van der Waals surface area contributed by atoms with Crippen LogP contribution in [0.2, 0.25) is 0 Å². The third kappa shape index (κ3) is 6.42. The molecule has 3 rings (SSSR count). The number of nitrogens with zero attached hydrogens (tertiary/aromatic N) is 2. The third-order valence-corrected chi connectivity index (χ3v) is 4.55. The highest BCUT2D eigenvalue weighted by molar-refractivity contribution is 6.09. The summed E-state index contributed by atoms with van der Waals surface area (Å²) in [6.07, 6.45) is 1.45. The van der Waals surface area contributed by atoms with Crippen LogP contribution in [0.4, 0.5) is 11.4 Å². The molecule has 0 atom stereocenters. The van der Waals surface area contributed by atoms with Gasteiger partial charge in [-0.15, -0.1) is 0 Å². The van der Waals surface area contributed by atoms with E-state index in [1.165, 1.54) is 18.2 Å². The minimum absolute atomic E-state index is 0.000660. The zero-order valence-corrected chi connectivity index (χ0v) is 17.9. The molecule has 0 unspecified atom stereocenters. The number of amides is 1. The molecule has 33 heavy (non-hydrogen) atoms. The molecule has 3 aromatic rings. The predicted octanol–water partition coefficient (Wildman–Crippen LogP) is 5.12. The van der Waals surface area contributed by atoms with Gasteiger partial charge in [0.15, 0.2) is 0 Å². The zero-order chi connectivity index (χ0) is 23.6. The molecule has 0 radical (unpaired) electrons. The maximum absolute atomic E-state index is 12.6. The molecule has 1 N–H and O–H groups in total. The number of rotatable bonds is 9. The lowest BCUT2D eigenvalue weighted by atomic mass is 10.1. The number of nitro benzene ring substituents is 1. The van der Waals surface area contributed by atoms with E-state index in [4.69, 9.17) is 9.47 Å². The molecule has 8 nitrogen and oxygen atoms in total. The number of hydrogen-bond acceptors (Lipinski definition) is 6. The lowest BCUT2D eigenvalue weighted by Crippen LogP contribution is -2.13. The van der Waals surface area contributed by atoms with Crippen LogP contribution in [0.5, 0.6) is 11.5 Å². The SMILES string of the molecule is CCOc1ccc(NC(=O)/C(C#N)=C/c2ccccc2OCc2ccc([N+](=O)[O-])cc2)cc1. The summed E-state index contributed by atoms with van der Waals surface area (Å²) >= 11 is 0. The quantitative estimate of drug-likeness (QED) is 0.212. The Morgan fingerprint density at radius 2 is 1.76 bits per heavy atom. The maximum Gasteiger partial charge on any atom is 0.269 e. The second-order valence-electron chi connectivity index (χ2n) is 6.83. The van der Waals surface area contributed by atoms with Crippen LogP contribution in [0.25, 0.3) is 6.08 Å². The molecule has 0 aromatic heterocycles. The number of nitriles is 1. The van der Waals surface area contributed by atoms with E-state index >= 15 is 0 Å². The van der Waals surface area contributed by atoms with Gasteiger partial charge in [0.25, 0.3) is 11.6 Å². The van der Waals surface area contributed by atoms with Gasteiger partial charge in [0, 0.05) is 23.4 Å². The van der Waals surface area contributed by atoms with Gasteiger partial charge in [0.05, 0.1) is 11.5 Å². The first kappa shape index (κ1) is 23.0. The van der Waals surface area contributed by atoms with Gasteiger partial charge < -0.3 is 14.8 Å². The van der Waals surface area contributed by atoms with Crippen LogP contribution in [0.1, 0.15) is 18.1 Å². The van der Waals surface area contributed by atoms with Crippen LogP contribution in [0, 0.1) is 21.4 Å². The van der Waals surface area contributed by atoms with Gasteiger partial charge in [0.2, 0.25) is 0 Å². The largest absolute Gasteiger partial charge is 0.494 e. The van der Waals surface area contributed by atoms with E-state index in [-0.39, 0.29) is 17.9 Å². The Kier molecular flexibility index (Phi) is 7.76. The standard InChI is InChI=1S/C25H21N3O5/c1-2-32-23-13-9-21(10-14-23)27-25(29)20(16-26)15-19-5-3-4-6-24(19)33-17-18-7-11-22(12-8-18)28(30)31/h3-15H,2,17H2,1H3,(H,27,29)/b20-15+. The number of nitrogens with one attached hydrogen (secondary N) is 1. The number of benzene rings is 3. The fourth-order valence-corrected chi connectivity index (χ4v) is 2.91. The van der Waals surface area contributed by atoms with Crippen molar-refractivity contribution in [2.24, 2.45) is 0 Å². The molecule has 0 heterocycles. The first-order valence-electron chi connectivity index (χ1n) is 10.1. The Hall–Kier alpha value is -4.64. The predicted molar refractivity (Wildman–Crippen MR) is 124 cm³/mol. The molecule has 8 heteroatoms. The van der Waals surface area contributed by atoms with Crippen molar-refractivity contribution in [2.75, 3.05) is 11.9 Å². The van der Waals surface area contributed by atoms with Crippen molar-refractivity contribution in [3.8, 4) is 17.6 Å². The highest BCUT2D eigenvalue weighted by atomic mass is 16.6. The fraction of sp³-hybridized carbons (Fsp3) is 0.120. The van der Waals surface area contributed by atoms with E-state index in [0.29, 0.717) is 29.4 Å².